The first-order valence-electron chi connectivity index (χ1n) is 5.96. The number of para-hydroxylation sites is 1. The first-order chi connectivity index (χ1) is 8.56. The summed E-state index contributed by atoms with van der Waals surface area (Å²) < 4.78 is 28.0. The number of hydrogen-bond acceptors (Lipinski definition) is 3. The van der Waals surface area contributed by atoms with Gasteiger partial charge in [0.25, 0.3) is 0 Å². The summed E-state index contributed by atoms with van der Waals surface area (Å²) in [5.41, 5.74) is 0.947. The number of anilines is 1. The van der Waals surface area contributed by atoms with Crippen molar-refractivity contribution >= 4 is 21.7 Å². The molecule has 98 valence electrons. The number of nitrogens with zero attached hydrogens (tertiary/aromatic N) is 1. The first-order valence-corrected chi connectivity index (χ1v) is 7.40. The van der Waals surface area contributed by atoms with Crippen LogP contribution in [0.25, 0.3) is 0 Å². The summed E-state index contributed by atoms with van der Waals surface area (Å²) in [5.74, 6) is -0.00691. The molecule has 0 aromatic heterocycles. The van der Waals surface area contributed by atoms with Crippen LogP contribution in [0.4, 0.5) is 5.69 Å². The second kappa shape index (κ2) is 5.07. The Balaban J connectivity index is 2.37. The second-order valence-corrected chi connectivity index (χ2v) is 5.84. The Kier molecular flexibility index (Phi) is 3.68. The maximum absolute atomic E-state index is 12.1. The van der Waals surface area contributed by atoms with E-state index in [2.05, 4.69) is 4.72 Å². The lowest BCUT2D eigenvalue weighted by Gasteiger charge is -2.29. The van der Waals surface area contributed by atoms with E-state index in [0.29, 0.717) is 17.8 Å². The van der Waals surface area contributed by atoms with E-state index in [-0.39, 0.29) is 18.7 Å². The average Bonchev–Trinajstić information content (AvgIpc) is 2.37. The number of carbonyl (C=O) groups is 1. The van der Waals surface area contributed by atoms with E-state index >= 15 is 0 Å². The van der Waals surface area contributed by atoms with Gasteiger partial charge in [0, 0.05) is 25.1 Å². The number of nitrogens with one attached hydrogen (secondary N) is 1. The van der Waals surface area contributed by atoms with Gasteiger partial charge in [-0.15, -0.1) is 0 Å². The molecule has 1 aromatic carbocycles. The summed E-state index contributed by atoms with van der Waals surface area (Å²) in [6, 6.07) is 6.81. The third kappa shape index (κ3) is 2.39. The zero-order valence-corrected chi connectivity index (χ0v) is 11.0. The lowest BCUT2D eigenvalue weighted by atomic mass is 10.0. The maximum Gasteiger partial charge on any atom is 0.301 e. The fourth-order valence-corrected chi connectivity index (χ4v) is 3.31. The van der Waals surface area contributed by atoms with E-state index in [1.54, 1.807) is 24.3 Å². The standard InChI is InChI=1S/C12H16N2O3S/c1-2-8-13-18(16,17)14-9-7-12(15)10-5-3-4-6-11(10)14/h3-6,13H,2,7-9H2,1H3. The molecular weight excluding hydrogens is 252 g/mol. The largest absolute Gasteiger partial charge is 0.301 e. The lowest BCUT2D eigenvalue weighted by molar-refractivity contribution is 0.0982. The number of carbonyl (C=O) groups excluding carboxylic acids is 1. The van der Waals surface area contributed by atoms with Crippen LogP contribution in [0.1, 0.15) is 30.1 Å². The van der Waals surface area contributed by atoms with Crippen molar-refractivity contribution in [2.75, 3.05) is 17.4 Å². The van der Waals surface area contributed by atoms with Crippen LogP contribution in [0, 0.1) is 0 Å². The summed E-state index contributed by atoms with van der Waals surface area (Å²) in [6.07, 6.45) is 0.956. The van der Waals surface area contributed by atoms with E-state index in [4.69, 9.17) is 0 Å². The normalized spacial score (nSPS) is 15.6. The molecule has 0 atom stereocenters. The highest BCUT2D eigenvalue weighted by Gasteiger charge is 2.30. The van der Waals surface area contributed by atoms with Crippen molar-refractivity contribution in [2.45, 2.75) is 19.8 Å². The highest BCUT2D eigenvalue weighted by atomic mass is 32.2. The van der Waals surface area contributed by atoms with Gasteiger partial charge in [-0.2, -0.15) is 13.1 Å². The minimum atomic E-state index is -3.55. The Hall–Kier alpha value is -1.40. The molecule has 0 spiro atoms. The SMILES string of the molecule is CCCNS(=O)(=O)N1CCC(=O)c2ccccc21. The Morgan fingerprint density at radius 3 is 2.78 bits per heavy atom. The Morgan fingerprint density at radius 1 is 1.33 bits per heavy atom. The monoisotopic (exact) mass is 268 g/mol. The summed E-state index contributed by atoms with van der Waals surface area (Å²) in [5, 5.41) is 0. The van der Waals surface area contributed by atoms with Crippen LogP contribution in [-0.2, 0) is 10.2 Å². The molecule has 6 heteroatoms. The maximum atomic E-state index is 12.1. The zero-order chi connectivity index (χ0) is 13.2. The Labute approximate surface area is 107 Å². The molecule has 18 heavy (non-hydrogen) atoms. The fourth-order valence-electron chi connectivity index (χ4n) is 1.94. The molecule has 0 unspecified atom stereocenters. The van der Waals surface area contributed by atoms with Crippen molar-refractivity contribution < 1.29 is 13.2 Å². The third-order valence-electron chi connectivity index (χ3n) is 2.84. The van der Waals surface area contributed by atoms with Gasteiger partial charge in [-0.25, -0.2) is 0 Å². The van der Waals surface area contributed by atoms with Gasteiger partial charge in [0.05, 0.1) is 5.69 Å². The average molecular weight is 268 g/mol. The van der Waals surface area contributed by atoms with Crippen LogP contribution in [0.5, 0.6) is 0 Å². The summed E-state index contributed by atoms with van der Waals surface area (Å²) in [7, 11) is -3.55. The number of ketones is 1. The molecule has 2 rings (SSSR count). The molecule has 0 saturated carbocycles. The van der Waals surface area contributed by atoms with Crippen LogP contribution in [0.15, 0.2) is 24.3 Å². The van der Waals surface area contributed by atoms with Crippen molar-refractivity contribution in [3.05, 3.63) is 29.8 Å². The van der Waals surface area contributed by atoms with E-state index in [1.807, 2.05) is 6.92 Å². The highest BCUT2D eigenvalue weighted by molar-refractivity contribution is 7.90. The molecule has 1 aliphatic rings. The summed E-state index contributed by atoms with van der Waals surface area (Å²) in [4.78, 5) is 11.7. The number of hydrogen-bond donors (Lipinski definition) is 1. The van der Waals surface area contributed by atoms with Gasteiger partial charge in [-0.3, -0.25) is 9.10 Å². The predicted octanol–water partition coefficient (Wildman–Crippen LogP) is 1.32. The predicted molar refractivity (Wildman–Crippen MR) is 69.9 cm³/mol. The number of Topliss-reactive ketones (excluding diaryl/α,β-unsaturated/α-hetero) is 1. The van der Waals surface area contributed by atoms with Crippen molar-refractivity contribution in [1.82, 2.24) is 4.72 Å². The molecule has 1 aromatic rings. The van der Waals surface area contributed by atoms with Gasteiger partial charge in [0.15, 0.2) is 5.78 Å². The molecule has 0 amide bonds. The molecule has 1 heterocycles. The molecule has 0 aliphatic carbocycles. The van der Waals surface area contributed by atoms with Crippen molar-refractivity contribution in [3.63, 3.8) is 0 Å². The van der Waals surface area contributed by atoms with Crippen molar-refractivity contribution in [2.24, 2.45) is 0 Å². The van der Waals surface area contributed by atoms with E-state index in [9.17, 15) is 13.2 Å². The van der Waals surface area contributed by atoms with Crippen molar-refractivity contribution in [3.8, 4) is 0 Å². The fraction of sp³-hybridized carbons (Fsp3) is 0.417. The van der Waals surface area contributed by atoms with Crippen LogP contribution in [0.2, 0.25) is 0 Å². The summed E-state index contributed by atoms with van der Waals surface area (Å²) >= 11 is 0. The Morgan fingerprint density at radius 2 is 2.06 bits per heavy atom. The van der Waals surface area contributed by atoms with Gasteiger partial charge in [-0.05, 0) is 18.6 Å². The van der Waals surface area contributed by atoms with E-state index in [1.165, 1.54) is 4.31 Å². The van der Waals surface area contributed by atoms with Gasteiger partial charge >= 0.3 is 10.2 Å². The topological polar surface area (TPSA) is 66.5 Å². The van der Waals surface area contributed by atoms with Gasteiger partial charge < -0.3 is 0 Å². The van der Waals surface area contributed by atoms with Gasteiger partial charge in [0.1, 0.15) is 0 Å². The van der Waals surface area contributed by atoms with Gasteiger partial charge in [-0.1, -0.05) is 19.1 Å². The van der Waals surface area contributed by atoms with Crippen molar-refractivity contribution in [1.29, 1.82) is 0 Å². The van der Waals surface area contributed by atoms with Gasteiger partial charge in [0.2, 0.25) is 0 Å². The smallest absolute Gasteiger partial charge is 0.294 e. The third-order valence-corrected chi connectivity index (χ3v) is 4.37. The molecule has 1 aliphatic heterocycles. The number of fused-ring (bicyclic) bond motifs is 1. The van der Waals surface area contributed by atoms with Crippen LogP contribution in [-0.4, -0.2) is 27.3 Å². The zero-order valence-electron chi connectivity index (χ0n) is 10.2. The first kappa shape index (κ1) is 13.0. The van der Waals surface area contributed by atoms with Crippen LogP contribution in [0.3, 0.4) is 0 Å². The van der Waals surface area contributed by atoms with E-state index < -0.39 is 10.2 Å². The van der Waals surface area contributed by atoms with E-state index in [0.717, 1.165) is 6.42 Å². The summed E-state index contributed by atoms with van der Waals surface area (Å²) in [6.45, 7) is 2.50. The Bertz CT molecular complexity index is 554. The number of benzene rings is 1. The molecule has 1 N–H and O–H groups in total. The highest BCUT2D eigenvalue weighted by Crippen LogP contribution is 2.28. The quantitative estimate of drug-likeness (QED) is 0.895. The van der Waals surface area contributed by atoms with Crippen LogP contribution < -0.4 is 9.03 Å². The number of rotatable bonds is 4. The molecule has 0 saturated heterocycles. The van der Waals surface area contributed by atoms with Crippen LogP contribution >= 0.6 is 0 Å². The molecule has 0 fully saturated rings. The second-order valence-electron chi connectivity index (χ2n) is 4.16. The molecule has 0 radical (unpaired) electrons. The molecule has 0 bridgehead atoms. The molecule has 5 nitrogen and oxygen atoms in total. The molecular formula is C12H16N2O3S. The minimum absolute atomic E-state index is 0.00691. The lowest BCUT2D eigenvalue weighted by Crippen LogP contribution is -2.44. The minimum Gasteiger partial charge on any atom is -0.294 e.